The molecule has 3 heterocycles. The van der Waals surface area contributed by atoms with Crippen LogP contribution in [-0.4, -0.2) is 32.0 Å². The standard InChI is InChI=1S/C25H28N6O/c1-6-8-11-17(3)18(4)22-21(7-2)30-23(19-14-28-25(32-5)29-15-19)31-24(22)27-16-20-12-9-10-13-26-20/h6-15H,16H2,1-5H3,(H,27,30,31). The molecule has 0 amide bonds. The lowest BCUT2D eigenvalue weighted by atomic mass is 10.1. The van der Waals surface area contributed by atoms with Crippen LogP contribution in [0.3, 0.4) is 0 Å². The van der Waals surface area contributed by atoms with E-state index in [9.17, 15) is 0 Å². The summed E-state index contributed by atoms with van der Waals surface area (Å²) in [5, 5.41) is 5.26. The second kappa shape index (κ2) is 10.9. The van der Waals surface area contributed by atoms with E-state index in [1.54, 1.807) is 18.6 Å². The minimum absolute atomic E-state index is 0.301. The van der Waals surface area contributed by atoms with Gasteiger partial charge in [-0.2, -0.15) is 0 Å². The third-order valence-electron chi connectivity index (χ3n) is 4.95. The zero-order chi connectivity index (χ0) is 22.9. The Morgan fingerprint density at radius 1 is 1.06 bits per heavy atom. The van der Waals surface area contributed by atoms with Gasteiger partial charge in [0.1, 0.15) is 5.82 Å². The van der Waals surface area contributed by atoms with Gasteiger partial charge in [0.2, 0.25) is 0 Å². The zero-order valence-electron chi connectivity index (χ0n) is 19.1. The minimum atomic E-state index is 0.301. The predicted molar refractivity (Wildman–Crippen MR) is 128 cm³/mol. The summed E-state index contributed by atoms with van der Waals surface area (Å²) >= 11 is 0. The molecule has 1 N–H and O–H groups in total. The number of hydrogen-bond donors (Lipinski definition) is 1. The van der Waals surface area contributed by atoms with Crippen LogP contribution in [0, 0.1) is 0 Å². The molecular formula is C25H28N6O. The van der Waals surface area contributed by atoms with Crippen molar-refractivity contribution in [3.63, 3.8) is 0 Å². The Balaban J connectivity index is 2.19. The molecule has 0 aromatic carbocycles. The van der Waals surface area contributed by atoms with Crippen LogP contribution in [0.2, 0.25) is 0 Å². The molecule has 164 valence electrons. The summed E-state index contributed by atoms with van der Waals surface area (Å²) in [4.78, 5) is 22.5. The number of methoxy groups -OCH3 is 1. The first-order chi connectivity index (χ1) is 15.6. The van der Waals surface area contributed by atoms with Gasteiger partial charge in [0, 0.05) is 23.8 Å². The largest absolute Gasteiger partial charge is 0.467 e. The molecule has 0 saturated heterocycles. The number of anilines is 1. The second-order valence-corrected chi connectivity index (χ2v) is 7.08. The van der Waals surface area contributed by atoms with Crippen LogP contribution < -0.4 is 20.6 Å². The fourth-order valence-corrected chi connectivity index (χ4v) is 3.09. The molecule has 3 rings (SSSR count). The van der Waals surface area contributed by atoms with Gasteiger partial charge in [0.05, 0.1) is 30.3 Å². The average molecular weight is 429 g/mol. The maximum absolute atomic E-state index is 5.07. The maximum Gasteiger partial charge on any atom is 0.316 e. The highest BCUT2D eigenvalue weighted by atomic mass is 16.5. The molecule has 0 atom stereocenters. The van der Waals surface area contributed by atoms with Crippen LogP contribution in [0.4, 0.5) is 5.82 Å². The molecule has 0 aliphatic rings. The fourth-order valence-electron chi connectivity index (χ4n) is 3.09. The highest BCUT2D eigenvalue weighted by molar-refractivity contribution is 5.67. The molecule has 0 unspecified atom stereocenters. The lowest BCUT2D eigenvalue weighted by Gasteiger charge is -2.12. The van der Waals surface area contributed by atoms with Crippen LogP contribution in [0.25, 0.3) is 23.0 Å². The molecule has 0 fully saturated rings. The number of aromatic nitrogens is 5. The van der Waals surface area contributed by atoms with E-state index in [0.29, 0.717) is 23.9 Å². The first kappa shape index (κ1) is 22.8. The monoisotopic (exact) mass is 428 g/mol. The van der Waals surface area contributed by atoms with Crippen molar-refractivity contribution in [1.82, 2.24) is 24.9 Å². The Hall–Kier alpha value is -3.87. The van der Waals surface area contributed by atoms with E-state index in [1.807, 2.05) is 50.3 Å². The van der Waals surface area contributed by atoms with Gasteiger partial charge in [-0.05, 0) is 51.0 Å². The Morgan fingerprint density at radius 2 is 1.84 bits per heavy atom. The quantitative estimate of drug-likeness (QED) is 0.577. The third-order valence-corrected chi connectivity index (χ3v) is 4.95. The van der Waals surface area contributed by atoms with Crippen molar-refractivity contribution in [2.75, 3.05) is 12.4 Å². The first-order valence-corrected chi connectivity index (χ1v) is 10.4. The van der Waals surface area contributed by atoms with E-state index in [2.05, 4.69) is 40.2 Å². The van der Waals surface area contributed by atoms with Crippen molar-refractivity contribution >= 4 is 17.5 Å². The molecule has 3 aromatic heterocycles. The van der Waals surface area contributed by atoms with Gasteiger partial charge in [-0.3, -0.25) is 4.98 Å². The number of pyridine rings is 1. The van der Waals surface area contributed by atoms with Crippen molar-refractivity contribution in [2.24, 2.45) is 0 Å². The van der Waals surface area contributed by atoms with E-state index in [-0.39, 0.29) is 0 Å². The van der Waals surface area contributed by atoms with Crippen molar-refractivity contribution in [3.05, 3.63) is 76.9 Å². The van der Waals surface area contributed by atoms with Crippen LogP contribution >= 0.6 is 0 Å². The lowest BCUT2D eigenvalue weighted by molar-refractivity contribution is 0.380. The molecule has 7 heteroatoms. The fraction of sp³-hybridized carbons (Fsp3) is 0.240. The average Bonchev–Trinajstić information content (AvgIpc) is 2.85. The van der Waals surface area contributed by atoms with Crippen LogP contribution in [0.1, 0.15) is 33.4 Å². The summed E-state index contributed by atoms with van der Waals surface area (Å²) in [6.45, 7) is 8.68. The smallest absolute Gasteiger partial charge is 0.316 e. The van der Waals surface area contributed by atoms with Crippen LogP contribution in [0.5, 0.6) is 6.01 Å². The molecule has 0 spiro atoms. The zero-order valence-corrected chi connectivity index (χ0v) is 19.1. The lowest BCUT2D eigenvalue weighted by Crippen LogP contribution is -2.35. The van der Waals surface area contributed by atoms with E-state index in [0.717, 1.165) is 33.2 Å². The van der Waals surface area contributed by atoms with Crippen molar-refractivity contribution in [2.45, 2.75) is 34.2 Å². The van der Waals surface area contributed by atoms with Crippen LogP contribution in [-0.2, 0) is 6.54 Å². The maximum atomic E-state index is 5.07. The van der Waals surface area contributed by atoms with E-state index in [4.69, 9.17) is 14.7 Å². The summed E-state index contributed by atoms with van der Waals surface area (Å²) in [6, 6.07) is 6.15. The van der Waals surface area contributed by atoms with Gasteiger partial charge >= 0.3 is 6.01 Å². The summed E-state index contributed by atoms with van der Waals surface area (Å²) in [7, 11) is 1.53. The molecule has 7 nitrogen and oxygen atoms in total. The van der Waals surface area contributed by atoms with Crippen LogP contribution in [0.15, 0.2) is 60.6 Å². The number of rotatable bonds is 7. The third kappa shape index (κ3) is 5.43. The number of ether oxygens (including phenoxy) is 1. The Bertz CT molecular complexity index is 1230. The molecule has 0 bridgehead atoms. The van der Waals surface area contributed by atoms with Crippen molar-refractivity contribution in [3.8, 4) is 17.4 Å². The van der Waals surface area contributed by atoms with Gasteiger partial charge in [0.25, 0.3) is 0 Å². The molecular weight excluding hydrogens is 400 g/mol. The number of nitrogens with zero attached hydrogens (tertiary/aromatic N) is 5. The van der Waals surface area contributed by atoms with Crippen molar-refractivity contribution in [1.29, 1.82) is 0 Å². The predicted octanol–water partition coefficient (Wildman–Crippen LogP) is 3.44. The summed E-state index contributed by atoms with van der Waals surface area (Å²) < 4.78 is 5.07. The van der Waals surface area contributed by atoms with Gasteiger partial charge in [0.15, 0.2) is 5.82 Å². The topological polar surface area (TPSA) is 85.7 Å². The van der Waals surface area contributed by atoms with E-state index in [1.165, 1.54) is 7.11 Å². The van der Waals surface area contributed by atoms with Gasteiger partial charge in [-0.1, -0.05) is 30.4 Å². The number of allylic oxidation sites excluding steroid dienone is 4. The molecule has 0 aliphatic carbocycles. The summed E-state index contributed by atoms with van der Waals surface area (Å²) in [5.74, 6) is 1.27. The molecule has 0 aliphatic heterocycles. The minimum Gasteiger partial charge on any atom is -0.467 e. The Labute approximate surface area is 188 Å². The van der Waals surface area contributed by atoms with E-state index >= 15 is 0 Å². The Kier molecular flexibility index (Phi) is 7.80. The normalized spacial score (nSPS) is 13.4. The summed E-state index contributed by atoms with van der Waals surface area (Å²) in [6.07, 6.45) is 13.2. The highest BCUT2D eigenvalue weighted by Crippen LogP contribution is 2.15. The Morgan fingerprint density at radius 3 is 2.47 bits per heavy atom. The summed E-state index contributed by atoms with van der Waals surface area (Å²) in [5.41, 5.74) is 3.86. The second-order valence-electron chi connectivity index (χ2n) is 7.08. The van der Waals surface area contributed by atoms with Gasteiger partial charge < -0.3 is 10.1 Å². The SMILES string of the molecule is CC=CC=C(C)C(C)=c1c(NCc2ccccn2)nc(-c2cnc(OC)nc2)nc1=CC. The molecule has 0 saturated carbocycles. The van der Waals surface area contributed by atoms with Crippen molar-refractivity contribution < 1.29 is 4.74 Å². The van der Waals surface area contributed by atoms with Gasteiger partial charge in [-0.25, -0.2) is 19.9 Å². The number of nitrogens with one attached hydrogen (secondary N) is 1. The number of hydrogen-bond acceptors (Lipinski definition) is 7. The first-order valence-electron chi connectivity index (χ1n) is 10.4. The molecule has 0 radical (unpaired) electrons. The van der Waals surface area contributed by atoms with Gasteiger partial charge in [-0.15, -0.1) is 0 Å². The molecule has 3 aromatic rings. The highest BCUT2D eigenvalue weighted by Gasteiger charge is 2.11. The van der Waals surface area contributed by atoms with E-state index < -0.39 is 0 Å². The molecule has 32 heavy (non-hydrogen) atoms.